The molecule has 2 aliphatic rings. The van der Waals surface area contributed by atoms with Crippen LogP contribution in [0.3, 0.4) is 0 Å². The summed E-state index contributed by atoms with van der Waals surface area (Å²) < 4.78 is 9.90. The molecular weight excluding hydrogens is 274 g/mol. The lowest BCUT2D eigenvalue weighted by Crippen LogP contribution is -2.48. The Morgan fingerprint density at radius 1 is 1.00 bits per heavy atom. The fourth-order valence-corrected chi connectivity index (χ4v) is 3.43. The first-order valence-corrected chi connectivity index (χ1v) is 7.70. The molecule has 1 amide bonds. The van der Waals surface area contributed by atoms with E-state index < -0.39 is 5.97 Å². The zero-order valence-corrected chi connectivity index (χ0v) is 12.7. The van der Waals surface area contributed by atoms with Crippen molar-refractivity contribution in [2.45, 2.75) is 58.0 Å². The van der Waals surface area contributed by atoms with Crippen LogP contribution >= 0.6 is 0 Å². The molecule has 0 aliphatic carbocycles. The molecule has 0 radical (unpaired) electrons. The standard InChI is InChI=1S/C15H23NO5/c1-3-20-14(18)9-13(17)10-7-11-5-6-12(8-10)16(11)15(19)21-4-2/h10-12H,3-9H2,1-2H3. The molecule has 2 rings (SSSR count). The summed E-state index contributed by atoms with van der Waals surface area (Å²) in [4.78, 5) is 37.3. The van der Waals surface area contributed by atoms with Crippen molar-refractivity contribution in [2.75, 3.05) is 13.2 Å². The van der Waals surface area contributed by atoms with Crippen molar-refractivity contribution in [2.24, 2.45) is 5.92 Å². The molecule has 6 heteroatoms. The Labute approximate surface area is 124 Å². The molecule has 21 heavy (non-hydrogen) atoms. The SMILES string of the molecule is CCOC(=O)CC(=O)C1CC2CCC(C1)N2C(=O)OCC. The summed E-state index contributed by atoms with van der Waals surface area (Å²) >= 11 is 0. The second-order valence-electron chi connectivity index (χ2n) is 5.61. The lowest BCUT2D eigenvalue weighted by Gasteiger charge is -2.37. The van der Waals surface area contributed by atoms with Gasteiger partial charge < -0.3 is 14.4 Å². The van der Waals surface area contributed by atoms with Gasteiger partial charge in [-0.05, 0) is 39.5 Å². The van der Waals surface area contributed by atoms with Gasteiger partial charge >= 0.3 is 12.1 Å². The Morgan fingerprint density at radius 2 is 1.57 bits per heavy atom. The lowest BCUT2D eigenvalue weighted by molar-refractivity contribution is -0.146. The summed E-state index contributed by atoms with van der Waals surface area (Å²) in [5.74, 6) is -0.658. The van der Waals surface area contributed by atoms with Gasteiger partial charge in [-0.15, -0.1) is 0 Å². The normalized spacial score (nSPS) is 27.3. The molecule has 2 fully saturated rings. The molecule has 2 bridgehead atoms. The van der Waals surface area contributed by atoms with Crippen LogP contribution in [0.1, 0.15) is 46.0 Å². The first-order valence-electron chi connectivity index (χ1n) is 7.70. The predicted molar refractivity (Wildman–Crippen MR) is 74.7 cm³/mol. The van der Waals surface area contributed by atoms with E-state index in [2.05, 4.69) is 0 Å². The predicted octanol–water partition coefficient (Wildman–Crippen LogP) is 1.91. The van der Waals surface area contributed by atoms with Gasteiger partial charge in [0.1, 0.15) is 12.2 Å². The average molecular weight is 297 g/mol. The zero-order chi connectivity index (χ0) is 15.4. The fraction of sp³-hybridized carbons (Fsp3) is 0.800. The number of hydrogen-bond acceptors (Lipinski definition) is 5. The summed E-state index contributed by atoms with van der Waals surface area (Å²) in [6.45, 7) is 4.16. The number of hydrogen-bond donors (Lipinski definition) is 0. The number of carbonyl (C=O) groups excluding carboxylic acids is 3. The smallest absolute Gasteiger partial charge is 0.410 e. The number of fused-ring (bicyclic) bond motifs is 2. The molecule has 118 valence electrons. The molecule has 0 spiro atoms. The first-order chi connectivity index (χ1) is 10.1. The van der Waals surface area contributed by atoms with Crippen LogP contribution in [-0.4, -0.2) is 48.0 Å². The topological polar surface area (TPSA) is 72.9 Å². The van der Waals surface area contributed by atoms with Crippen molar-refractivity contribution >= 4 is 17.8 Å². The molecule has 0 aromatic carbocycles. The van der Waals surface area contributed by atoms with Gasteiger partial charge in [0.15, 0.2) is 0 Å². The number of esters is 1. The Kier molecular flexibility index (Phi) is 5.20. The molecule has 2 heterocycles. The van der Waals surface area contributed by atoms with E-state index in [1.54, 1.807) is 18.7 Å². The van der Waals surface area contributed by atoms with Gasteiger partial charge in [-0.25, -0.2) is 4.79 Å². The second-order valence-corrected chi connectivity index (χ2v) is 5.61. The number of rotatable bonds is 5. The van der Waals surface area contributed by atoms with Crippen molar-refractivity contribution in [1.29, 1.82) is 0 Å². The van der Waals surface area contributed by atoms with E-state index >= 15 is 0 Å². The molecule has 0 aromatic rings. The minimum atomic E-state index is -0.456. The summed E-state index contributed by atoms with van der Waals surface area (Å²) in [6.07, 6.45) is 2.65. The van der Waals surface area contributed by atoms with E-state index in [1.807, 2.05) is 0 Å². The van der Waals surface area contributed by atoms with Gasteiger partial charge in [0.05, 0.1) is 13.2 Å². The van der Waals surface area contributed by atoms with E-state index in [1.165, 1.54) is 0 Å². The highest BCUT2D eigenvalue weighted by molar-refractivity contribution is 5.97. The van der Waals surface area contributed by atoms with Gasteiger partial charge in [0.25, 0.3) is 0 Å². The molecular formula is C15H23NO5. The van der Waals surface area contributed by atoms with E-state index in [0.29, 0.717) is 26.1 Å². The molecule has 0 N–H and O–H groups in total. The maximum atomic E-state index is 12.2. The van der Waals surface area contributed by atoms with E-state index in [0.717, 1.165) is 12.8 Å². The molecule has 2 aliphatic heterocycles. The van der Waals surface area contributed by atoms with Gasteiger partial charge in [-0.2, -0.15) is 0 Å². The van der Waals surface area contributed by atoms with Gasteiger partial charge in [0, 0.05) is 18.0 Å². The van der Waals surface area contributed by atoms with Crippen molar-refractivity contribution in [3.63, 3.8) is 0 Å². The Bertz CT molecular complexity index is 408. The number of Topliss-reactive ketones (excluding diaryl/α,β-unsaturated/α-hetero) is 1. The van der Waals surface area contributed by atoms with Crippen LogP contribution in [0.15, 0.2) is 0 Å². The molecule has 0 aromatic heterocycles. The summed E-state index contributed by atoms with van der Waals surface area (Å²) in [5, 5.41) is 0. The zero-order valence-electron chi connectivity index (χ0n) is 12.7. The summed E-state index contributed by atoms with van der Waals surface area (Å²) in [5.41, 5.74) is 0. The minimum absolute atomic E-state index is 0.0612. The maximum absolute atomic E-state index is 12.2. The number of amides is 1. The lowest BCUT2D eigenvalue weighted by atomic mass is 9.86. The van der Waals surface area contributed by atoms with Crippen molar-refractivity contribution in [3.8, 4) is 0 Å². The van der Waals surface area contributed by atoms with Crippen molar-refractivity contribution in [1.82, 2.24) is 4.90 Å². The van der Waals surface area contributed by atoms with Gasteiger partial charge in [-0.3, -0.25) is 9.59 Å². The Balaban J connectivity index is 1.93. The third-order valence-corrected chi connectivity index (χ3v) is 4.29. The van der Waals surface area contributed by atoms with Gasteiger partial charge in [0.2, 0.25) is 0 Å². The molecule has 2 atom stereocenters. The average Bonchev–Trinajstić information content (AvgIpc) is 2.69. The Hall–Kier alpha value is -1.59. The van der Waals surface area contributed by atoms with E-state index in [9.17, 15) is 14.4 Å². The molecule has 2 saturated heterocycles. The highest BCUT2D eigenvalue weighted by atomic mass is 16.6. The van der Waals surface area contributed by atoms with Crippen molar-refractivity contribution < 1.29 is 23.9 Å². The molecule has 6 nitrogen and oxygen atoms in total. The fourth-order valence-electron chi connectivity index (χ4n) is 3.43. The first kappa shape index (κ1) is 15.8. The molecule has 2 unspecified atom stereocenters. The number of carbonyl (C=O) groups is 3. The minimum Gasteiger partial charge on any atom is -0.466 e. The number of nitrogens with zero attached hydrogens (tertiary/aromatic N) is 1. The van der Waals surface area contributed by atoms with Gasteiger partial charge in [-0.1, -0.05) is 0 Å². The number of piperidine rings is 1. The van der Waals surface area contributed by atoms with Crippen LogP contribution in [0.25, 0.3) is 0 Å². The van der Waals surface area contributed by atoms with Crippen LogP contribution in [0, 0.1) is 5.92 Å². The number of ketones is 1. The number of ether oxygens (including phenoxy) is 2. The monoisotopic (exact) mass is 297 g/mol. The van der Waals surface area contributed by atoms with Crippen LogP contribution in [0.5, 0.6) is 0 Å². The van der Waals surface area contributed by atoms with Crippen LogP contribution in [0.2, 0.25) is 0 Å². The van der Waals surface area contributed by atoms with E-state index in [-0.39, 0.29) is 36.3 Å². The van der Waals surface area contributed by atoms with Crippen LogP contribution in [-0.2, 0) is 19.1 Å². The second kappa shape index (κ2) is 6.91. The highest BCUT2D eigenvalue weighted by Crippen LogP contribution is 2.39. The summed E-state index contributed by atoms with van der Waals surface area (Å²) in [7, 11) is 0. The summed E-state index contributed by atoms with van der Waals surface area (Å²) in [6, 6.07) is 0.137. The quantitative estimate of drug-likeness (QED) is 0.572. The van der Waals surface area contributed by atoms with Crippen LogP contribution in [0.4, 0.5) is 4.79 Å². The van der Waals surface area contributed by atoms with Crippen molar-refractivity contribution in [3.05, 3.63) is 0 Å². The maximum Gasteiger partial charge on any atom is 0.410 e. The molecule has 0 saturated carbocycles. The third-order valence-electron chi connectivity index (χ3n) is 4.29. The highest BCUT2D eigenvalue weighted by Gasteiger charge is 2.45. The van der Waals surface area contributed by atoms with Crippen LogP contribution < -0.4 is 0 Å². The van der Waals surface area contributed by atoms with E-state index in [4.69, 9.17) is 9.47 Å². The Morgan fingerprint density at radius 3 is 2.10 bits per heavy atom. The largest absolute Gasteiger partial charge is 0.466 e. The third kappa shape index (κ3) is 3.54.